The lowest BCUT2D eigenvalue weighted by Gasteiger charge is -2.37. The summed E-state index contributed by atoms with van der Waals surface area (Å²) in [5.41, 5.74) is 3.54. The van der Waals surface area contributed by atoms with Crippen LogP contribution in [0.25, 0.3) is 0 Å². The summed E-state index contributed by atoms with van der Waals surface area (Å²) >= 11 is 3.54. The fourth-order valence-corrected chi connectivity index (χ4v) is 5.28. The van der Waals surface area contributed by atoms with Crippen molar-refractivity contribution in [3.05, 3.63) is 93.0 Å². The van der Waals surface area contributed by atoms with E-state index in [4.69, 9.17) is 9.47 Å². The molecule has 5 rings (SSSR count). The Morgan fingerprint density at radius 2 is 1.73 bits per heavy atom. The molecule has 0 radical (unpaired) electrons. The third kappa shape index (κ3) is 3.09. The van der Waals surface area contributed by atoms with E-state index < -0.39 is 11.7 Å². The molecule has 0 spiro atoms. The number of ether oxygens (including phenoxy) is 2. The second-order valence-electron chi connectivity index (χ2n) is 7.73. The van der Waals surface area contributed by atoms with E-state index in [-0.39, 0.29) is 17.9 Å². The Kier molecular flexibility index (Phi) is 4.58. The fraction of sp³-hybridized carbons (Fsp3) is 0.250. The quantitative estimate of drug-likeness (QED) is 0.401. The Balaban J connectivity index is 1.65. The predicted molar refractivity (Wildman–Crippen MR) is 111 cm³/mol. The van der Waals surface area contributed by atoms with Crippen molar-refractivity contribution in [1.82, 2.24) is 0 Å². The standard InChI is InChI=1S/C24H18BrF3O2/c1-29-21-12-20-17(11-19(21)25)22(13-6-8-15(9-7-13)24(26,27)28)18-10-14-4-2-3-5-16(14)23(18)30-20/h2-9,11-12,18,22-23H,10H2,1H3/t18-,22-,23-/m0/s1. The van der Waals surface area contributed by atoms with E-state index in [1.165, 1.54) is 17.7 Å². The zero-order chi connectivity index (χ0) is 21.0. The molecule has 30 heavy (non-hydrogen) atoms. The van der Waals surface area contributed by atoms with Crippen molar-refractivity contribution in [1.29, 1.82) is 0 Å². The second-order valence-corrected chi connectivity index (χ2v) is 8.58. The normalized spacial score (nSPS) is 22.0. The first-order valence-electron chi connectivity index (χ1n) is 9.66. The number of fused-ring (bicyclic) bond motifs is 4. The minimum atomic E-state index is -4.35. The van der Waals surface area contributed by atoms with Crippen molar-refractivity contribution in [2.75, 3.05) is 7.11 Å². The fourth-order valence-electron chi connectivity index (χ4n) is 4.76. The molecule has 0 saturated heterocycles. The number of halogens is 4. The van der Waals surface area contributed by atoms with Crippen molar-refractivity contribution in [3.8, 4) is 11.5 Å². The molecule has 3 aromatic carbocycles. The maximum atomic E-state index is 13.1. The molecule has 1 aliphatic carbocycles. The summed E-state index contributed by atoms with van der Waals surface area (Å²) < 4.78 is 51.9. The van der Waals surface area contributed by atoms with Crippen LogP contribution in [0.15, 0.2) is 65.1 Å². The molecule has 1 heterocycles. The smallest absolute Gasteiger partial charge is 0.416 e. The third-order valence-electron chi connectivity index (χ3n) is 6.10. The van der Waals surface area contributed by atoms with Crippen LogP contribution in [-0.2, 0) is 12.6 Å². The minimum absolute atomic E-state index is 0.0874. The van der Waals surface area contributed by atoms with Gasteiger partial charge in [-0.25, -0.2) is 0 Å². The Morgan fingerprint density at radius 1 is 1.00 bits per heavy atom. The molecule has 3 aromatic rings. The van der Waals surface area contributed by atoms with Crippen molar-refractivity contribution < 1.29 is 22.6 Å². The summed E-state index contributed by atoms with van der Waals surface area (Å²) in [6.45, 7) is 0. The van der Waals surface area contributed by atoms with Crippen molar-refractivity contribution in [2.24, 2.45) is 5.92 Å². The summed E-state index contributed by atoms with van der Waals surface area (Å²) in [7, 11) is 1.59. The van der Waals surface area contributed by atoms with Crippen LogP contribution in [0.2, 0.25) is 0 Å². The number of hydrogen-bond acceptors (Lipinski definition) is 2. The molecule has 0 unspecified atom stereocenters. The van der Waals surface area contributed by atoms with Gasteiger partial charge >= 0.3 is 6.18 Å². The number of alkyl halides is 3. The predicted octanol–water partition coefficient (Wildman–Crippen LogP) is 6.91. The Labute approximate surface area is 180 Å². The van der Waals surface area contributed by atoms with Crippen LogP contribution in [-0.4, -0.2) is 7.11 Å². The molecule has 0 N–H and O–H groups in total. The molecular weight excluding hydrogens is 457 g/mol. The number of methoxy groups -OCH3 is 1. The zero-order valence-corrected chi connectivity index (χ0v) is 17.6. The molecule has 6 heteroatoms. The van der Waals surface area contributed by atoms with E-state index in [1.807, 2.05) is 24.3 Å². The summed E-state index contributed by atoms with van der Waals surface area (Å²) in [6, 6.07) is 17.5. The van der Waals surface area contributed by atoms with Crippen LogP contribution < -0.4 is 9.47 Å². The molecule has 0 saturated carbocycles. The lowest BCUT2D eigenvalue weighted by Crippen LogP contribution is -2.28. The topological polar surface area (TPSA) is 18.5 Å². The van der Waals surface area contributed by atoms with Gasteiger partial charge in [-0.3, -0.25) is 0 Å². The summed E-state index contributed by atoms with van der Waals surface area (Å²) in [6.07, 6.45) is -3.68. The monoisotopic (exact) mass is 474 g/mol. The van der Waals surface area contributed by atoms with E-state index in [0.29, 0.717) is 11.5 Å². The first-order valence-corrected chi connectivity index (χ1v) is 10.4. The van der Waals surface area contributed by atoms with Crippen LogP contribution in [0.4, 0.5) is 13.2 Å². The van der Waals surface area contributed by atoms with E-state index in [1.54, 1.807) is 19.2 Å². The van der Waals surface area contributed by atoms with Gasteiger partial charge in [0.2, 0.25) is 0 Å². The first kappa shape index (κ1) is 19.5. The molecule has 154 valence electrons. The molecule has 0 aromatic heterocycles. The number of rotatable bonds is 2. The van der Waals surface area contributed by atoms with Gasteiger partial charge in [0.15, 0.2) is 0 Å². The van der Waals surface area contributed by atoms with Crippen LogP contribution in [0.5, 0.6) is 11.5 Å². The highest BCUT2D eigenvalue weighted by Gasteiger charge is 2.45. The van der Waals surface area contributed by atoms with Gasteiger partial charge in [-0.15, -0.1) is 0 Å². The second kappa shape index (κ2) is 7.05. The average Bonchev–Trinajstić information content (AvgIpc) is 3.09. The van der Waals surface area contributed by atoms with Crippen molar-refractivity contribution >= 4 is 15.9 Å². The highest BCUT2D eigenvalue weighted by atomic mass is 79.9. The van der Waals surface area contributed by atoms with Gasteiger partial charge < -0.3 is 9.47 Å². The Bertz CT molecular complexity index is 1110. The molecule has 3 atom stereocenters. The molecule has 0 fully saturated rings. The number of hydrogen-bond donors (Lipinski definition) is 0. The summed E-state index contributed by atoms with van der Waals surface area (Å²) in [4.78, 5) is 0. The minimum Gasteiger partial charge on any atom is -0.495 e. The van der Waals surface area contributed by atoms with Gasteiger partial charge in [0, 0.05) is 23.5 Å². The Hall–Kier alpha value is -2.47. The highest BCUT2D eigenvalue weighted by Crippen LogP contribution is 2.55. The zero-order valence-electron chi connectivity index (χ0n) is 16.0. The van der Waals surface area contributed by atoms with Crippen LogP contribution >= 0.6 is 15.9 Å². The molecule has 0 bridgehead atoms. The third-order valence-corrected chi connectivity index (χ3v) is 6.72. The lowest BCUT2D eigenvalue weighted by molar-refractivity contribution is -0.137. The molecule has 0 amide bonds. The molecule has 2 nitrogen and oxygen atoms in total. The number of benzene rings is 3. The van der Waals surface area contributed by atoms with E-state index in [0.717, 1.165) is 27.6 Å². The van der Waals surface area contributed by atoms with Gasteiger partial charge in [-0.1, -0.05) is 36.4 Å². The van der Waals surface area contributed by atoms with Gasteiger partial charge in [-0.05, 0) is 57.2 Å². The van der Waals surface area contributed by atoms with Crippen LogP contribution in [0.3, 0.4) is 0 Å². The van der Waals surface area contributed by atoms with Crippen molar-refractivity contribution in [2.45, 2.75) is 24.6 Å². The van der Waals surface area contributed by atoms with E-state index >= 15 is 0 Å². The maximum Gasteiger partial charge on any atom is 0.416 e. The van der Waals surface area contributed by atoms with Gasteiger partial charge in [0.1, 0.15) is 17.6 Å². The summed E-state index contributed by atoms with van der Waals surface area (Å²) in [5, 5.41) is 0. The summed E-state index contributed by atoms with van der Waals surface area (Å²) in [5.74, 6) is 1.38. The lowest BCUT2D eigenvalue weighted by atomic mass is 9.76. The SMILES string of the molecule is COc1cc2c(cc1Br)[C@H](c1ccc(C(F)(F)F)cc1)[C@@H]1Cc3ccccc3[C@@H]1O2. The van der Waals surface area contributed by atoms with E-state index in [9.17, 15) is 13.2 Å². The van der Waals surface area contributed by atoms with Gasteiger partial charge in [-0.2, -0.15) is 13.2 Å². The highest BCUT2D eigenvalue weighted by molar-refractivity contribution is 9.10. The van der Waals surface area contributed by atoms with Gasteiger partial charge in [0.05, 0.1) is 17.1 Å². The van der Waals surface area contributed by atoms with Gasteiger partial charge in [0.25, 0.3) is 0 Å². The Morgan fingerprint density at radius 3 is 2.43 bits per heavy atom. The molecule has 1 aliphatic heterocycles. The van der Waals surface area contributed by atoms with E-state index in [2.05, 4.69) is 28.1 Å². The maximum absolute atomic E-state index is 13.1. The van der Waals surface area contributed by atoms with Crippen molar-refractivity contribution in [3.63, 3.8) is 0 Å². The van der Waals surface area contributed by atoms with Crippen LogP contribution in [0, 0.1) is 5.92 Å². The molecular formula is C24H18BrF3O2. The largest absolute Gasteiger partial charge is 0.495 e. The first-order chi connectivity index (χ1) is 14.4. The van der Waals surface area contributed by atoms with Crippen LogP contribution in [0.1, 0.15) is 39.8 Å². The molecule has 2 aliphatic rings. The average molecular weight is 475 g/mol.